The lowest BCUT2D eigenvalue weighted by atomic mass is 9.85. The summed E-state index contributed by atoms with van der Waals surface area (Å²) >= 11 is 0. The summed E-state index contributed by atoms with van der Waals surface area (Å²) in [5.41, 5.74) is 0.0931. The number of benzene rings is 1. The molecule has 0 N–H and O–H groups in total. The van der Waals surface area contributed by atoms with E-state index < -0.39 is 16.8 Å². The molecule has 1 aromatic carbocycles. The Morgan fingerprint density at radius 3 is 2.29 bits per heavy atom. The minimum absolute atomic E-state index is 0.150. The molecule has 0 unspecified atom stereocenters. The van der Waals surface area contributed by atoms with E-state index in [1.54, 1.807) is 12.2 Å². The number of fused-ring (bicyclic) bond motifs is 5. The van der Waals surface area contributed by atoms with Gasteiger partial charge in [0, 0.05) is 12.1 Å². The third-order valence-corrected chi connectivity index (χ3v) is 4.21. The van der Waals surface area contributed by atoms with Gasteiger partial charge in [0.15, 0.2) is 0 Å². The number of amides is 2. The Hall–Kier alpha value is -2.54. The van der Waals surface area contributed by atoms with Crippen LogP contribution in [0.4, 0.5) is 11.4 Å². The number of hydrogen-bond acceptors (Lipinski definition) is 5. The van der Waals surface area contributed by atoms with Gasteiger partial charge in [0.05, 0.1) is 34.7 Å². The van der Waals surface area contributed by atoms with Crippen LogP contribution in [-0.4, -0.2) is 28.9 Å². The Labute approximate surface area is 118 Å². The van der Waals surface area contributed by atoms with Crippen molar-refractivity contribution < 1.29 is 19.2 Å². The fourth-order valence-electron chi connectivity index (χ4n) is 3.30. The van der Waals surface area contributed by atoms with Gasteiger partial charge in [-0.2, -0.15) is 0 Å². The number of carbonyl (C=O) groups excluding carboxylic acids is 2. The molecule has 3 aliphatic heterocycles. The van der Waals surface area contributed by atoms with Crippen molar-refractivity contribution in [1.82, 2.24) is 0 Å². The maximum Gasteiger partial charge on any atom is 0.271 e. The van der Waals surface area contributed by atoms with Crippen molar-refractivity contribution in [1.29, 1.82) is 0 Å². The van der Waals surface area contributed by atoms with E-state index in [9.17, 15) is 19.7 Å². The fourth-order valence-corrected chi connectivity index (χ4v) is 3.30. The number of anilines is 1. The maximum atomic E-state index is 12.5. The second-order valence-corrected chi connectivity index (χ2v) is 5.29. The predicted molar refractivity (Wildman–Crippen MR) is 70.4 cm³/mol. The molecular formula is C14H10N2O5. The molecule has 4 rings (SSSR count). The summed E-state index contributed by atoms with van der Waals surface area (Å²) in [5, 5.41) is 10.8. The lowest BCUT2D eigenvalue weighted by molar-refractivity contribution is -0.384. The van der Waals surface area contributed by atoms with Crippen molar-refractivity contribution >= 4 is 23.2 Å². The van der Waals surface area contributed by atoms with Gasteiger partial charge < -0.3 is 4.74 Å². The standard InChI is InChI=1S/C14H10N2O5/c17-13-11-9-4-5-10(21-9)12(11)14(18)15(13)7-2-1-3-8(6-7)16(19)20/h1-6,9-12H/t9-,10-,11-,12-/m1/s1. The molecule has 2 amide bonds. The molecule has 2 bridgehead atoms. The molecule has 3 aliphatic rings. The van der Waals surface area contributed by atoms with Gasteiger partial charge in [-0.3, -0.25) is 19.7 Å². The van der Waals surface area contributed by atoms with Crippen LogP contribution in [0.15, 0.2) is 36.4 Å². The summed E-state index contributed by atoms with van der Waals surface area (Å²) in [4.78, 5) is 36.3. The van der Waals surface area contributed by atoms with E-state index in [1.165, 1.54) is 24.3 Å². The molecule has 1 aromatic rings. The number of nitro groups is 1. The third kappa shape index (κ3) is 1.52. The predicted octanol–water partition coefficient (Wildman–Crippen LogP) is 1.04. The highest BCUT2D eigenvalue weighted by Crippen LogP contribution is 2.46. The minimum atomic E-state index is -0.552. The Kier molecular flexibility index (Phi) is 2.32. The fraction of sp³-hybridized carbons (Fsp3) is 0.286. The van der Waals surface area contributed by atoms with Crippen LogP contribution in [0.3, 0.4) is 0 Å². The minimum Gasteiger partial charge on any atom is -0.365 e. The van der Waals surface area contributed by atoms with Crippen LogP contribution in [0.1, 0.15) is 0 Å². The molecule has 0 aliphatic carbocycles. The topological polar surface area (TPSA) is 89.8 Å². The van der Waals surface area contributed by atoms with E-state index in [-0.39, 0.29) is 35.4 Å². The number of imide groups is 1. The highest BCUT2D eigenvalue weighted by Gasteiger charge is 2.61. The molecule has 3 heterocycles. The van der Waals surface area contributed by atoms with Crippen LogP contribution in [0.5, 0.6) is 0 Å². The van der Waals surface area contributed by atoms with Crippen LogP contribution in [0.25, 0.3) is 0 Å². The van der Waals surface area contributed by atoms with E-state index in [2.05, 4.69) is 0 Å². The van der Waals surface area contributed by atoms with Gasteiger partial charge in [0.2, 0.25) is 11.8 Å². The molecule has 0 aromatic heterocycles. The van der Waals surface area contributed by atoms with Crippen LogP contribution in [0, 0.1) is 22.0 Å². The number of non-ortho nitro benzene ring substituents is 1. The number of ether oxygens (including phenoxy) is 1. The summed E-state index contributed by atoms with van der Waals surface area (Å²) in [6.07, 6.45) is 2.88. The van der Waals surface area contributed by atoms with Crippen molar-refractivity contribution in [3.63, 3.8) is 0 Å². The van der Waals surface area contributed by atoms with Crippen molar-refractivity contribution in [2.24, 2.45) is 11.8 Å². The van der Waals surface area contributed by atoms with Crippen LogP contribution in [0.2, 0.25) is 0 Å². The average Bonchev–Trinajstić information content (AvgIpc) is 3.13. The molecule has 0 spiro atoms. The number of hydrogen-bond donors (Lipinski definition) is 0. The smallest absolute Gasteiger partial charge is 0.271 e. The van der Waals surface area contributed by atoms with Gasteiger partial charge in [-0.1, -0.05) is 18.2 Å². The zero-order valence-corrected chi connectivity index (χ0v) is 10.7. The molecule has 0 radical (unpaired) electrons. The first kappa shape index (κ1) is 12.2. The number of nitrogens with zero attached hydrogens (tertiary/aromatic N) is 2. The second-order valence-electron chi connectivity index (χ2n) is 5.29. The maximum absolute atomic E-state index is 12.5. The van der Waals surface area contributed by atoms with Gasteiger partial charge >= 0.3 is 0 Å². The molecule has 4 atom stereocenters. The summed E-state index contributed by atoms with van der Waals surface area (Å²) in [5.74, 6) is -1.71. The molecule has 7 heteroatoms. The third-order valence-electron chi connectivity index (χ3n) is 4.21. The first-order valence-corrected chi connectivity index (χ1v) is 6.54. The lowest BCUT2D eigenvalue weighted by Crippen LogP contribution is -2.34. The number of carbonyl (C=O) groups is 2. The van der Waals surface area contributed by atoms with E-state index in [0.717, 1.165) is 4.90 Å². The Bertz CT molecular complexity index is 683. The van der Waals surface area contributed by atoms with Crippen LogP contribution >= 0.6 is 0 Å². The van der Waals surface area contributed by atoms with Gasteiger partial charge in [0.25, 0.3) is 5.69 Å². The van der Waals surface area contributed by atoms with E-state index in [4.69, 9.17) is 4.74 Å². The largest absolute Gasteiger partial charge is 0.365 e. The van der Waals surface area contributed by atoms with Gasteiger partial charge in [-0.05, 0) is 6.07 Å². The first-order valence-electron chi connectivity index (χ1n) is 6.54. The van der Waals surface area contributed by atoms with E-state index >= 15 is 0 Å². The quantitative estimate of drug-likeness (QED) is 0.350. The van der Waals surface area contributed by atoms with Crippen molar-refractivity contribution in [3.05, 3.63) is 46.5 Å². The number of nitro benzene ring substituents is 1. The van der Waals surface area contributed by atoms with Crippen molar-refractivity contribution in [2.75, 3.05) is 4.90 Å². The first-order chi connectivity index (χ1) is 10.1. The van der Waals surface area contributed by atoms with E-state index in [1.807, 2.05) is 0 Å². The van der Waals surface area contributed by atoms with Gasteiger partial charge in [-0.25, -0.2) is 4.90 Å². The SMILES string of the molecule is O=C1[C@H]2[C@H](C(=O)N1c1cccc([N+](=O)[O-])c1)[C@H]1C=C[C@H]2O1. The molecule has 2 saturated heterocycles. The van der Waals surface area contributed by atoms with Crippen LogP contribution < -0.4 is 4.90 Å². The summed E-state index contributed by atoms with van der Waals surface area (Å²) < 4.78 is 5.54. The monoisotopic (exact) mass is 286 g/mol. The van der Waals surface area contributed by atoms with Crippen molar-refractivity contribution in [3.8, 4) is 0 Å². The highest BCUT2D eigenvalue weighted by atomic mass is 16.6. The van der Waals surface area contributed by atoms with Crippen molar-refractivity contribution in [2.45, 2.75) is 12.2 Å². The number of rotatable bonds is 2. The Morgan fingerprint density at radius 2 is 1.71 bits per heavy atom. The van der Waals surface area contributed by atoms with E-state index in [0.29, 0.717) is 0 Å². The van der Waals surface area contributed by atoms with Gasteiger partial charge in [0.1, 0.15) is 0 Å². The van der Waals surface area contributed by atoms with Gasteiger partial charge in [-0.15, -0.1) is 0 Å². The average molecular weight is 286 g/mol. The second kappa shape index (κ2) is 3.98. The normalized spacial score (nSPS) is 32.9. The Balaban J connectivity index is 1.74. The molecule has 21 heavy (non-hydrogen) atoms. The summed E-state index contributed by atoms with van der Waals surface area (Å²) in [6, 6.07) is 5.56. The molecular weight excluding hydrogens is 276 g/mol. The highest BCUT2D eigenvalue weighted by molar-refractivity contribution is 6.23. The molecule has 106 valence electrons. The zero-order chi connectivity index (χ0) is 14.7. The summed E-state index contributed by atoms with van der Waals surface area (Å²) in [7, 11) is 0. The summed E-state index contributed by atoms with van der Waals surface area (Å²) in [6.45, 7) is 0. The molecule has 2 fully saturated rings. The zero-order valence-electron chi connectivity index (χ0n) is 10.7. The van der Waals surface area contributed by atoms with Crippen LogP contribution in [-0.2, 0) is 14.3 Å². The molecule has 7 nitrogen and oxygen atoms in total. The lowest BCUT2D eigenvalue weighted by Gasteiger charge is -2.17. The Morgan fingerprint density at radius 1 is 1.10 bits per heavy atom. The molecule has 0 saturated carbocycles.